The Labute approximate surface area is 118 Å². The SMILES string of the molecule is O=C(O)CCCn1nnnc1-c1cc2ccccc2s1. The van der Waals surface area contributed by atoms with Crippen LogP contribution in [0.2, 0.25) is 0 Å². The second-order valence-electron chi connectivity index (χ2n) is 4.37. The zero-order valence-corrected chi connectivity index (χ0v) is 11.4. The van der Waals surface area contributed by atoms with Gasteiger partial charge in [-0.25, -0.2) is 4.68 Å². The molecule has 20 heavy (non-hydrogen) atoms. The van der Waals surface area contributed by atoms with Crippen molar-refractivity contribution in [3.8, 4) is 10.7 Å². The third kappa shape index (κ3) is 2.53. The van der Waals surface area contributed by atoms with Gasteiger partial charge in [0.05, 0.1) is 4.88 Å². The van der Waals surface area contributed by atoms with Crippen molar-refractivity contribution in [3.05, 3.63) is 30.3 Å². The number of nitrogens with zero attached hydrogens (tertiary/aromatic N) is 4. The van der Waals surface area contributed by atoms with E-state index in [0.717, 1.165) is 10.3 Å². The number of carboxylic acids is 1. The fourth-order valence-corrected chi connectivity index (χ4v) is 3.06. The van der Waals surface area contributed by atoms with Crippen molar-refractivity contribution in [2.45, 2.75) is 19.4 Å². The molecule has 0 atom stereocenters. The fourth-order valence-electron chi connectivity index (χ4n) is 2.00. The summed E-state index contributed by atoms with van der Waals surface area (Å²) in [6.07, 6.45) is 0.629. The highest BCUT2D eigenvalue weighted by atomic mass is 32.1. The van der Waals surface area contributed by atoms with Gasteiger partial charge in [0.1, 0.15) is 0 Å². The van der Waals surface area contributed by atoms with E-state index < -0.39 is 5.97 Å². The normalized spacial score (nSPS) is 11.0. The summed E-state index contributed by atoms with van der Waals surface area (Å²) >= 11 is 1.63. The van der Waals surface area contributed by atoms with Crippen LogP contribution in [0.4, 0.5) is 0 Å². The molecule has 7 heteroatoms. The molecular weight excluding hydrogens is 276 g/mol. The number of rotatable bonds is 5. The predicted octanol–water partition coefficient (Wildman–Crippen LogP) is 2.42. The zero-order valence-electron chi connectivity index (χ0n) is 10.6. The minimum Gasteiger partial charge on any atom is -0.481 e. The minimum atomic E-state index is -0.804. The van der Waals surface area contributed by atoms with E-state index in [-0.39, 0.29) is 6.42 Å². The van der Waals surface area contributed by atoms with Crippen LogP contribution in [-0.2, 0) is 11.3 Å². The Kier molecular flexibility index (Phi) is 3.42. The van der Waals surface area contributed by atoms with Gasteiger partial charge >= 0.3 is 5.97 Å². The van der Waals surface area contributed by atoms with Crippen LogP contribution in [-0.4, -0.2) is 31.3 Å². The van der Waals surface area contributed by atoms with E-state index in [9.17, 15) is 4.79 Å². The number of hydrogen-bond acceptors (Lipinski definition) is 5. The van der Waals surface area contributed by atoms with Crippen LogP contribution < -0.4 is 0 Å². The van der Waals surface area contributed by atoms with Crippen molar-refractivity contribution in [1.82, 2.24) is 20.2 Å². The summed E-state index contributed by atoms with van der Waals surface area (Å²) in [5, 5.41) is 21.5. The molecule has 0 fully saturated rings. The molecular formula is C13H12N4O2S. The van der Waals surface area contributed by atoms with Crippen LogP contribution in [0.15, 0.2) is 30.3 Å². The van der Waals surface area contributed by atoms with Gasteiger partial charge in [0.15, 0.2) is 5.82 Å². The quantitative estimate of drug-likeness (QED) is 0.779. The van der Waals surface area contributed by atoms with E-state index in [1.54, 1.807) is 16.0 Å². The molecule has 0 amide bonds. The zero-order chi connectivity index (χ0) is 13.9. The molecule has 0 aliphatic carbocycles. The molecule has 6 nitrogen and oxygen atoms in total. The third-order valence-corrected chi connectivity index (χ3v) is 4.05. The summed E-state index contributed by atoms with van der Waals surface area (Å²) in [6.45, 7) is 0.503. The van der Waals surface area contributed by atoms with Crippen LogP contribution in [0.5, 0.6) is 0 Å². The largest absolute Gasteiger partial charge is 0.481 e. The van der Waals surface area contributed by atoms with Crippen LogP contribution in [0.3, 0.4) is 0 Å². The van der Waals surface area contributed by atoms with Crippen LogP contribution >= 0.6 is 11.3 Å². The Balaban J connectivity index is 1.86. The monoisotopic (exact) mass is 288 g/mol. The summed E-state index contributed by atoms with van der Waals surface area (Å²) in [6, 6.07) is 10.2. The molecule has 0 bridgehead atoms. The number of fused-ring (bicyclic) bond motifs is 1. The van der Waals surface area contributed by atoms with Gasteiger partial charge < -0.3 is 5.11 Å². The summed E-state index contributed by atoms with van der Waals surface area (Å²) in [7, 11) is 0. The van der Waals surface area contributed by atoms with Gasteiger partial charge in [-0.3, -0.25) is 4.79 Å². The van der Waals surface area contributed by atoms with E-state index in [1.807, 2.05) is 18.2 Å². The molecule has 0 radical (unpaired) electrons. The summed E-state index contributed by atoms with van der Waals surface area (Å²) in [5.74, 6) is -0.113. The van der Waals surface area contributed by atoms with Crippen LogP contribution in [0, 0.1) is 0 Å². The van der Waals surface area contributed by atoms with Gasteiger partial charge in [0.2, 0.25) is 0 Å². The number of benzene rings is 1. The maximum absolute atomic E-state index is 10.5. The minimum absolute atomic E-state index is 0.117. The number of carboxylic acid groups (broad SMARTS) is 1. The highest BCUT2D eigenvalue weighted by molar-refractivity contribution is 7.22. The number of thiophene rings is 1. The van der Waals surface area contributed by atoms with E-state index in [1.165, 1.54) is 4.70 Å². The van der Waals surface area contributed by atoms with Crippen molar-refractivity contribution in [3.63, 3.8) is 0 Å². The van der Waals surface area contributed by atoms with E-state index in [0.29, 0.717) is 18.8 Å². The lowest BCUT2D eigenvalue weighted by Gasteiger charge is -2.00. The Morgan fingerprint density at radius 3 is 3.00 bits per heavy atom. The molecule has 2 heterocycles. The van der Waals surface area contributed by atoms with Crippen LogP contribution in [0.25, 0.3) is 20.8 Å². The molecule has 0 unspecified atom stereocenters. The van der Waals surface area contributed by atoms with E-state index in [4.69, 9.17) is 5.11 Å². The maximum Gasteiger partial charge on any atom is 0.303 e. The second kappa shape index (κ2) is 5.38. The predicted molar refractivity (Wildman–Crippen MR) is 75.5 cm³/mol. The third-order valence-electron chi connectivity index (χ3n) is 2.94. The highest BCUT2D eigenvalue weighted by Gasteiger charge is 2.12. The number of hydrogen-bond donors (Lipinski definition) is 1. The first kappa shape index (κ1) is 12.7. The molecule has 0 spiro atoms. The smallest absolute Gasteiger partial charge is 0.303 e. The molecule has 3 rings (SSSR count). The Morgan fingerprint density at radius 2 is 2.20 bits per heavy atom. The fraction of sp³-hybridized carbons (Fsp3) is 0.231. The lowest BCUT2D eigenvalue weighted by atomic mass is 10.2. The average Bonchev–Trinajstić information content (AvgIpc) is 3.03. The molecule has 0 saturated heterocycles. The van der Waals surface area contributed by atoms with Gasteiger partial charge in [-0.15, -0.1) is 16.4 Å². The molecule has 102 valence electrons. The number of tetrazole rings is 1. The van der Waals surface area contributed by atoms with Gasteiger partial charge in [-0.2, -0.15) is 0 Å². The van der Waals surface area contributed by atoms with Crippen molar-refractivity contribution in [1.29, 1.82) is 0 Å². The average molecular weight is 288 g/mol. The number of aryl methyl sites for hydroxylation is 1. The first-order chi connectivity index (χ1) is 9.74. The van der Waals surface area contributed by atoms with Crippen molar-refractivity contribution < 1.29 is 9.90 Å². The molecule has 0 saturated carbocycles. The molecule has 0 aliphatic rings. The first-order valence-corrected chi connectivity index (χ1v) is 7.02. The summed E-state index contributed by atoms with van der Waals surface area (Å²) < 4.78 is 2.84. The number of aliphatic carboxylic acids is 1. The molecule has 0 aliphatic heterocycles. The first-order valence-electron chi connectivity index (χ1n) is 6.21. The Morgan fingerprint density at radius 1 is 1.35 bits per heavy atom. The summed E-state index contributed by atoms with van der Waals surface area (Å²) in [4.78, 5) is 11.5. The summed E-state index contributed by atoms with van der Waals surface area (Å²) in [5.41, 5.74) is 0. The highest BCUT2D eigenvalue weighted by Crippen LogP contribution is 2.31. The van der Waals surface area contributed by atoms with Crippen molar-refractivity contribution in [2.24, 2.45) is 0 Å². The molecule has 2 aromatic heterocycles. The molecule has 1 aromatic carbocycles. The van der Waals surface area contributed by atoms with E-state index >= 15 is 0 Å². The second-order valence-corrected chi connectivity index (χ2v) is 5.46. The Hall–Kier alpha value is -2.28. The van der Waals surface area contributed by atoms with Crippen molar-refractivity contribution >= 4 is 27.4 Å². The molecule has 3 aromatic rings. The lowest BCUT2D eigenvalue weighted by Crippen LogP contribution is -2.05. The number of aromatic nitrogens is 4. The Bertz CT molecular complexity index is 717. The number of carbonyl (C=O) groups is 1. The lowest BCUT2D eigenvalue weighted by molar-refractivity contribution is -0.137. The van der Waals surface area contributed by atoms with E-state index in [2.05, 4.69) is 27.7 Å². The maximum atomic E-state index is 10.5. The molecule has 1 N–H and O–H groups in total. The van der Waals surface area contributed by atoms with Gasteiger partial charge in [-0.1, -0.05) is 18.2 Å². The van der Waals surface area contributed by atoms with Gasteiger partial charge in [0.25, 0.3) is 0 Å². The van der Waals surface area contributed by atoms with Crippen LogP contribution in [0.1, 0.15) is 12.8 Å². The van der Waals surface area contributed by atoms with Gasteiger partial charge in [0, 0.05) is 17.7 Å². The van der Waals surface area contributed by atoms with Gasteiger partial charge in [-0.05, 0) is 34.4 Å². The topological polar surface area (TPSA) is 80.9 Å². The van der Waals surface area contributed by atoms with Crippen molar-refractivity contribution in [2.75, 3.05) is 0 Å². The standard InChI is InChI=1S/C13H12N4O2S/c18-12(19)6-3-7-17-13(14-15-16-17)11-8-9-4-1-2-5-10(9)20-11/h1-2,4-5,8H,3,6-7H2,(H,18,19).